The predicted molar refractivity (Wildman–Crippen MR) is 138 cm³/mol. The van der Waals surface area contributed by atoms with Crippen LogP contribution in [0.2, 0.25) is 0 Å². The van der Waals surface area contributed by atoms with Gasteiger partial charge in [-0.25, -0.2) is 0 Å². The van der Waals surface area contributed by atoms with Crippen LogP contribution in [0.1, 0.15) is 11.1 Å². The number of hydrogen-bond acceptors (Lipinski definition) is 2. The Balaban J connectivity index is 1.24. The van der Waals surface area contributed by atoms with Gasteiger partial charge in [0.15, 0.2) is 0 Å². The fourth-order valence-corrected chi connectivity index (χ4v) is 4.13. The van der Waals surface area contributed by atoms with E-state index in [0.29, 0.717) is 0 Å². The molecule has 2 heteroatoms. The highest BCUT2D eigenvalue weighted by Crippen LogP contribution is 2.31. The number of para-hydroxylation sites is 1. The predicted octanol–water partition coefficient (Wildman–Crippen LogP) is 8.49. The van der Waals surface area contributed by atoms with Gasteiger partial charge < -0.3 is 4.42 Å². The van der Waals surface area contributed by atoms with Gasteiger partial charge in [-0.2, -0.15) is 0 Å². The molecule has 0 spiro atoms. The van der Waals surface area contributed by atoms with Crippen molar-refractivity contribution in [1.82, 2.24) is 4.98 Å². The van der Waals surface area contributed by atoms with Gasteiger partial charge in [-0.15, -0.1) is 0 Å². The molecule has 0 aliphatic carbocycles. The Labute approximate surface area is 192 Å². The first-order valence-electron chi connectivity index (χ1n) is 11.0. The molecule has 0 saturated carbocycles. The molecule has 4 aromatic carbocycles. The minimum Gasteiger partial charge on any atom is -0.456 e. The Morgan fingerprint density at radius 3 is 2.18 bits per heavy atom. The molecule has 0 unspecified atom stereocenters. The molecule has 0 bridgehead atoms. The van der Waals surface area contributed by atoms with Crippen LogP contribution < -0.4 is 0 Å². The Kier molecular flexibility index (Phi) is 4.82. The van der Waals surface area contributed by atoms with Crippen LogP contribution in [0.5, 0.6) is 0 Å². The summed E-state index contributed by atoms with van der Waals surface area (Å²) in [6, 6.07) is 37.6. The molecular weight excluding hydrogens is 402 g/mol. The first-order chi connectivity index (χ1) is 16.3. The van der Waals surface area contributed by atoms with Crippen LogP contribution in [0.25, 0.3) is 56.5 Å². The van der Waals surface area contributed by atoms with Gasteiger partial charge in [-0.3, -0.25) is 4.98 Å². The molecule has 0 amide bonds. The van der Waals surface area contributed by atoms with E-state index < -0.39 is 0 Å². The number of aromatic nitrogens is 1. The normalized spacial score (nSPS) is 11.5. The summed E-state index contributed by atoms with van der Waals surface area (Å²) < 4.78 is 6.13. The van der Waals surface area contributed by atoms with Gasteiger partial charge in [0.05, 0.1) is 5.52 Å². The molecule has 0 saturated heterocycles. The smallest absolute Gasteiger partial charge is 0.135 e. The molecule has 0 fully saturated rings. The van der Waals surface area contributed by atoms with Crippen LogP contribution in [-0.2, 0) is 0 Å². The van der Waals surface area contributed by atoms with E-state index in [-0.39, 0.29) is 0 Å². The van der Waals surface area contributed by atoms with Gasteiger partial charge in [0.1, 0.15) is 11.3 Å². The summed E-state index contributed by atoms with van der Waals surface area (Å²) >= 11 is 0. The SMILES string of the molecule is C(=C\c1cnc2ccccc2c1)/c1ccc(-c2cc3cc(-c4ccccc4)ccc3o2)cc1. The second kappa shape index (κ2) is 8.25. The molecule has 6 rings (SSSR count). The summed E-state index contributed by atoms with van der Waals surface area (Å²) in [4.78, 5) is 4.53. The second-order valence-corrected chi connectivity index (χ2v) is 8.15. The van der Waals surface area contributed by atoms with Crippen LogP contribution in [0.15, 0.2) is 120 Å². The molecule has 0 atom stereocenters. The first-order valence-corrected chi connectivity index (χ1v) is 11.0. The quantitative estimate of drug-likeness (QED) is 0.284. The van der Waals surface area contributed by atoms with Crippen molar-refractivity contribution in [2.75, 3.05) is 0 Å². The highest BCUT2D eigenvalue weighted by atomic mass is 16.3. The fourth-order valence-electron chi connectivity index (χ4n) is 4.13. The van der Waals surface area contributed by atoms with Crippen molar-refractivity contribution in [3.63, 3.8) is 0 Å². The third-order valence-corrected chi connectivity index (χ3v) is 5.90. The Hall–Kier alpha value is -4.43. The van der Waals surface area contributed by atoms with Crippen LogP contribution in [0.3, 0.4) is 0 Å². The molecule has 2 aromatic heterocycles. The fraction of sp³-hybridized carbons (Fsp3) is 0. The maximum Gasteiger partial charge on any atom is 0.135 e. The molecule has 33 heavy (non-hydrogen) atoms. The van der Waals surface area contributed by atoms with E-state index in [2.05, 4.69) is 102 Å². The van der Waals surface area contributed by atoms with Gasteiger partial charge in [-0.1, -0.05) is 91.0 Å². The van der Waals surface area contributed by atoms with Gasteiger partial charge in [0.25, 0.3) is 0 Å². The van der Waals surface area contributed by atoms with Crippen LogP contribution in [0, 0.1) is 0 Å². The summed E-state index contributed by atoms with van der Waals surface area (Å²) in [7, 11) is 0. The third kappa shape index (κ3) is 3.95. The van der Waals surface area contributed by atoms with Crippen molar-refractivity contribution >= 4 is 34.0 Å². The van der Waals surface area contributed by atoms with Gasteiger partial charge in [0.2, 0.25) is 0 Å². The largest absolute Gasteiger partial charge is 0.456 e. The number of fused-ring (bicyclic) bond motifs is 2. The van der Waals surface area contributed by atoms with Gasteiger partial charge >= 0.3 is 0 Å². The first kappa shape index (κ1) is 19.3. The lowest BCUT2D eigenvalue weighted by Crippen LogP contribution is -1.80. The number of rotatable bonds is 4. The highest BCUT2D eigenvalue weighted by molar-refractivity contribution is 5.87. The van der Waals surface area contributed by atoms with E-state index in [1.165, 1.54) is 11.1 Å². The minimum absolute atomic E-state index is 0.879. The average Bonchev–Trinajstić information content (AvgIpc) is 3.32. The standard InChI is InChI=1S/C31H21NO/c1-2-6-24(7-3-1)26-16-17-30-28(19-26)20-31(33-30)25-14-12-22(13-15-25)10-11-23-18-27-8-4-5-9-29(27)32-21-23/h1-21H/b11-10+. The average molecular weight is 424 g/mol. The lowest BCUT2D eigenvalue weighted by molar-refractivity contribution is 0.631. The van der Waals surface area contributed by atoms with E-state index in [1.54, 1.807) is 0 Å². The minimum atomic E-state index is 0.879. The molecule has 0 aliphatic heterocycles. The van der Waals surface area contributed by atoms with E-state index in [0.717, 1.165) is 44.3 Å². The van der Waals surface area contributed by atoms with Crippen molar-refractivity contribution < 1.29 is 4.42 Å². The second-order valence-electron chi connectivity index (χ2n) is 8.15. The summed E-state index contributed by atoms with van der Waals surface area (Å²) in [5, 5.41) is 2.26. The topological polar surface area (TPSA) is 26.0 Å². The summed E-state index contributed by atoms with van der Waals surface area (Å²) in [6.07, 6.45) is 6.12. The number of nitrogens with zero attached hydrogens (tertiary/aromatic N) is 1. The van der Waals surface area contributed by atoms with Crippen molar-refractivity contribution in [1.29, 1.82) is 0 Å². The molecular formula is C31H21NO. The van der Waals surface area contributed by atoms with Crippen molar-refractivity contribution in [2.24, 2.45) is 0 Å². The molecule has 156 valence electrons. The van der Waals surface area contributed by atoms with Crippen molar-refractivity contribution in [2.45, 2.75) is 0 Å². The number of furan rings is 1. The molecule has 2 nitrogen and oxygen atoms in total. The molecule has 0 radical (unpaired) electrons. The van der Waals surface area contributed by atoms with Crippen LogP contribution in [-0.4, -0.2) is 4.98 Å². The Bertz CT molecular complexity index is 1590. The lowest BCUT2D eigenvalue weighted by atomic mass is 10.0. The number of pyridine rings is 1. The Morgan fingerprint density at radius 2 is 1.30 bits per heavy atom. The molecule has 6 aromatic rings. The highest BCUT2D eigenvalue weighted by Gasteiger charge is 2.08. The maximum atomic E-state index is 6.13. The summed E-state index contributed by atoms with van der Waals surface area (Å²) in [5.41, 5.74) is 7.60. The summed E-state index contributed by atoms with van der Waals surface area (Å²) in [6.45, 7) is 0. The maximum absolute atomic E-state index is 6.13. The monoisotopic (exact) mass is 423 g/mol. The molecule has 0 N–H and O–H groups in total. The third-order valence-electron chi connectivity index (χ3n) is 5.90. The van der Waals surface area contributed by atoms with Crippen LogP contribution >= 0.6 is 0 Å². The van der Waals surface area contributed by atoms with Crippen molar-refractivity contribution in [3.05, 3.63) is 127 Å². The van der Waals surface area contributed by atoms with Gasteiger partial charge in [-0.05, 0) is 52.6 Å². The zero-order valence-corrected chi connectivity index (χ0v) is 18.0. The zero-order chi connectivity index (χ0) is 22.0. The van der Waals surface area contributed by atoms with E-state index in [4.69, 9.17) is 4.42 Å². The number of benzene rings is 4. The van der Waals surface area contributed by atoms with Crippen LogP contribution in [0.4, 0.5) is 0 Å². The number of hydrogen-bond donors (Lipinski definition) is 0. The Morgan fingerprint density at radius 1 is 0.545 bits per heavy atom. The van der Waals surface area contributed by atoms with E-state index in [1.807, 2.05) is 30.5 Å². The van der Waals surface area contributed by atoms with Gasteiger partial charge in [0, 0.05) is 22.5 Å². The molecule has 2 heterocycles. The summed E-state index contributed by atoms with van der Waals surface area (Å²) in [5.74, 6) is 0.879. The van der Waals surface area contributed by atoms with E-state index in [9.17, 15) is 0 Å². The zero-order valence-electron chi connectivity index (χ0n) is 18.0. The van der Waals surface area contributed by atoms with Crippen molar-refractivity contribution in [3.8, 4) is 22.5 Å². The molecule has 0 aliphatic rings. The van der Waals surface area contributed by atoms with E-state index >= 15 is 0 Å². The lowest BCUT2D eigenvalue weighted by Gasteiger charge is -2.00.